The molecule has 0 unspecified atom stereocenters. The Bertz CT molecular complexity index is 845. The number of pyridine rings is 2. The van der Waals surface area contributed by atoms with Gasteiger partial charge in [0, 0.05) is 36.9 Å². The van der Waals surface area contributed by atoms with Crippen molar-refractivity contribution in [3.63, 3.8) is 0 Å². The lowest BCUT2D eigenvalue weighted by Crippen LogP contribution is -2.13. The van der Waals surface area contributed by atoms with Crippen LogP contribution in [0.3, 0.4) is 0 Å². The van der Waals surface area contributed by atoms with Crippen LogP contribution in [-0.4, -0.2) is 20.5 Å². The molecule has 0 saturated carbocycles. The Morgan fingerprint density at radius 2 is 1.88 bits per heavy atom. The van der Waals surface area contributed by atoms with Crippen LogP contribution in [-0.2, 0) is 6.54 Å². The number of alkyl halides is 2. The third kappa shape index (κ3) is 3.37. The summed E-state index contributed by atoms with van der Waals surface area (Å²) in [4.78, 5) is 8.71. The van der Waals surface area contributed by atoms with Crippen LogP contribution in [0.2, 0.25) is 0 Å². The monoisotopic (exact) mass is 330 g/mol. The summed E-state index contributed by atoms with van der Waals surface area (Å²) in [5.41, 5.74) is 3.77. The molecule has 0 amide bonds. The zero-order valence-corrected chi connectivity index (χ0v) is 14.0. The molecule has 4 nitrogen and oxygen atoms in total. The molecule has 0 radical (unpaired) electrons. The van der Waals surface area contributed by atoms with Gasteiger partial charge in [0.25, 0.3) is 0 Å². The molecule has 0 aliphatic rings. The maximum absolute atomic E-state index is 13.1. The van der Waals surface area contributed by atoms with Gasteiger partial charge in [0.05, 0.1) is 16.9 Å². The molecule has 0 saturated heterocycles. The molecule has 0 aliphatic carbocycles. The second-order valence-corrected chi connectivity index (χ2v) is 6.13. The quantitative estimate of drug-likeness (QED) is 0.728. The summed E-state index contributed by atoms with van der Waals surface area (Å²) in [6.45, 7) is 5.15. The highest BCUT2D eigenvalue weighted by atomic mass is 19.3. The van der Waals surface area contributed by atoms with Gasteiger partial charge < -0.3 is 9.88 Å². The summed E-state index contributed by atoms with van der Waals surface area (Å²) in [5, 5.41) is 4.24. The van der Waals surface area contributed by atoms with Gasteiger partial charge in [0.1, 0.15) is 5.82 Å². The van der Waals surface area contributed by atoms with E-state index in [9.17, 15) is 8.78 Å². The molecule has 0 atom stereocenters. The zero-order valence-electron chi connectivity index (χ0n) is 14.0. The maximum atomic E-state index is 13.1. The number of hydrogen-bond donors (Lipinski definition) is 1. The Balaban J connectivity index is 1.94. The first-order chi connectivity index (χ1) is 11.3. The second kappa shape index (κ2) is 6.19. The molecule has 3 rings (SSSR count). The second-order valence-electron chi connectivity index (χ2n) is 6.13. The fourth-order valence-corrected chi connectivity index (χ4v) is 2.74. The predicted molar refractivity (Wildman–Crippen MR) is 92.0 cm³/mol. The van der Waals surface area contributed by atoms with E-state index in [-0.39, 0.29) is 13.0 Å². The highest BCUT2D eigenvalue weighted by molar-refractivity contribution is 5.92. The van der Waals surface area contributed by atoms with Gasteiger partial charge in [-0.15, -0.1) is 0 Å². The molecule has 0 aliphatic heterocycles. The topological polar surface area (TPSA) is 42.7 Å². The van der Waals surface area contributed by atoms with E-state index in [0.29, 0.717) is 5.82 Å². The number of aryl methyl sites for hydroxylation is 3. The Hall–Kier alpha value is -2.50. The highest BCUT2D eigenvalue weighted by Gasteiger charge is 2.21. The van der Waals surface area contributed by atoms with E-state index in [1.54, 1.807) is 12.4 Å². The summed E-state index contributed by atoms with van der Waals surface area (Å²) in [7, 11) is 0. The number of nitrogens with zero attached hydrogens (tertiary/aromatic N) is 3. The molecule has 126 valence electrons. The molecule has 3 aromatic rings. The fourth-order valence-electron chi connectivity index (χ4n) is 2.74. The average molecular weight is 330 g/mol. The number of nitrogens with one attached hydrogen (secondary N) is 1. The van der Waals surface area contributed by atoms with Gasteiger partial charge in [0.15, 0.2) is 0 Å². The number of aromatic nitrogens is 3. The fraction of sp³-hybridized carbons (Fsp3) is 0.333. The molecule has 24 heavy (non-hydrogen) atoms. The van der Waals surface area contributed by atoms with Gasteiger partial charge in [-0.05, 0) is 44.5 Å². The van der Waals surface area contributed by atoms with Crippen LogP contribution in [0.25, 0.3) is 10.9 Å². The first-order valence-electron chi connectivity index (χ1n) is 7.86. The van der Waals surface area contributed by atoms with Crippen LogP contribution >= 0.6 is 0 Å². The van der Waals surface area contributed by atoms with E-state index in [0.717, 1.165) is 34.8 Å². The first-order valence-corrected chi connectivity index (χ1v) is 7.86. The minimum absolute atomic E-state index is 0.192. The zero-order chi connectivity index (χ0) is 17.3. The van der Waals surface area contributed by atoms with Crippen molar-refractivity contribution in [2.24, 2.45) is 0 Å². The van der Waals surface area contributed by atoms with Crippen molar-refractivity contribution in [1.29, 1.82) is 0 Å². The lowest BCUT2D eigenvalue weighted by Gasteiger charge is -2.13. The lowest BCUT2D eigenvalue weighted by atomic mass is 10.2. The number of hydrogen-bond acceptors (Lipinski definition) is 3. The summed E-state index contributed by atoms with van der Waals surface area (Å²) >= 11 is 0. The standard InChI is InChI=1S/C18H20F2N4/c1-12-4-8-21-13(2)16(12)23-17-14-6-10-24(11-7-18(3,19)20)15(14)5-9-22-17/h4-6,8-10H,7,11H2,1-3H3,(H,22,23). The van der Waals surface area contributed by atoms with Gasteiger partial charge in [-0.3, -0.25) is 4.98 Å². The SMILES string of the molecule is Cc1ccnc(C)c1Nc1nccc2c1ccn2CCC(C)(F)F. The lowest BCUT2D eigenvalue weighted by molar-refractivity contribution is 0.00901. The van der Waals surface area contributed by atoms with E-state index in [2.05, 4.69) is 15.3 Å². The largest absolute Gasteiger partial charge is 0.347 e. The van der Waals surface area contributed by atoms with Crippen LogP contribution in [0.4, 0.5) is 20.3 Å². The highest BCUT2D eigenvalue weighted by Crippen LogP contribution is 2.28. The van der Waals surface area contributed by atoms with Crippen LogP contribution in [0.1, 0.15) is 24.6 Å². The maximum Gasteiger partial charge on any atom is 0.247 e. The number of halogens is 2. The molecule has 0 bridgehead atoms. The molecular formula is C18H20F2N4. The Labute approximate surface area is 139 Å². The first kappa shape index (κ1) is 16.4. The van der Waals surface area contributed by atoms with E-state index in [4.69, 9.17) is 0 Å². The smallest absolute Gasteiger partial charge is 0.247 e. The summed E-state index contributed by atoms with van der Waals surface area (Å²) < 4.78 is 28.1. The van der Waals surface area contributed by atoms with Crippen LogP contribution in [0.5, 0.6) is 0 Å². The number of anilines is 2. The predicted octanol–water partition coefficient (Wildman–Crippen LogP) is 4.84. The summed E-state index contributed by atoms with van der Waals surface area (Å²) in [6, 6.07) is 5.68. The van der Waals surface area contributed by atoms with Crippen molar-refractivity contribution < 1.29 is 8.78 Å². The van der Waals surface area contributed by atoms with Crippen LogP contribution < -0.4 is 5.32 Å². The van der Waals surface area contributed by atoms with Gasteiger partial charge >= 0.3 is 0 Å². The Morgan fingerprint density at radius 3 is 2.58 bits per heavy atom. The van der Waals surface area contributed by atoms with Crippen molar-refractivity contribution in [3.8, 4) is 0 Å². The Morgan fingerprint density at radius 1 is 1.12 bits per heavy atom. The summed E-state index contributed by atoms with van der Waals surface area (Å²) in [6.07, 6.45) is 5.09. The van der Waals surface area contributed by atoms with Crippen molar-refractivity contribution in [1.82, 2.24) is 14.5 Å². The van der Waals surface area contributed by atoms with Crippen molar-refractivity contribution in [3.05, 3.63) is 48.0 Å². The van der Waals surface area contributed by atoms with Gasteiger partial charge in [-0.2, -0.15) is 0 Å². The minimum Gasteiger partial charge on any atom is -0.347 e. The van der Waals surface area contributed by atoms with Gasteiger partial charge in [0.2, 0.25) is 5.92 Å². The van der Waals surface area contributed by atoms with E-state index in [1.165, 1.54) is 0 Å². The van der Waals surface area contributed by atoms with E-state index < -0.39 is 5.92 Å². The van der Waals surface area contributed by atoms with Crippen molar-refractivity contribution in [2.45, 2.75) is 39.7 Å². The average Bonchev–Trinajstić information content (AvgIpc) is 2.92. The van der Waals surface area contributed by atoms with Gasteiger partial charge in [-0.25, -0.2) is 13.8 Å². The third-order valence-corrected chi connectivity index (χ3v) is 4.08. The molecule has 0 spiro atoms. The summed E-state index contributed by atoms with van der Waals surface area (Å²) in [5.74, 6) is -1.97. The molecule has 0 aromatic carbocycles. The molecule has 3 aromatic heterocycles. The van der Waals surface area contributed by atoms with Crippen LogP contribution in [0.15, 0.2) is 36.8 Å². The third-order valence-electron chi connectivity index (χ3n) is 4.08. The number of fused-ring (bicyclic) bond motifs is 1. The molecule has 3 heterocycles. The van der Waals surface area contributed by atoms with E-state index in [1.807, 2.05) is 42.8 Å². The number of rotatable bonds is 5. The molecule has 1 N–H and O–H groups in total. The van der Waals surface area contributed by atoms with E-state index >= 15 is 0 Å². The molecule has 0 fully saturated rings. The normalized spacial score (nSPS) is 11.9. The molecular weight excluding hydrogens is 310 g/mol. The van der Waals surface area contributed by atoms with Gasteiger partial charge in [-0.1, -0.05) is 0 Å². The van der Waals surface area contributed by atoms with Crippen LogP contribution in [0, 0.1) is 13.8 Å². The van der Waals surface area contributed by atoms with Crippen molar-refractivity contribution >= 4 is 22.4 Å². The van der Waals surface area contributed by atoms with Crippen molar-refractivity contribution in [2.75, 3.05) is 5.32 Å². The molecule has 6 heteroatoms. The minimum atomic E-state index is -2.67. The Kier molecular flexibility index (Phi) is 4.22.